The summed E-state index contributed by atoms with van der Waals surface area (Å²) in [5, 5.41) is 0.800. The molecule has 0 N–H and O–H groups in total. The SMILES string of the molecule is C=CCOc1ccc(C2C(C(=O)OC)=C(C)N=c3s/c(=C\c4ccc(Cl)c(Cl)c4)c(=O)n32)cc1OC. The maximum Gasteiger partial charge on any atom is 0.338 e. The van der Waals surface area contributed by atoms with Gasteiger partial charge in [-0.15, -0.1) is 0 Å². The zero-order valence-corrected chi connectivity index (χ0v) is 22.0. The topological polar surface area (TPSA) is 79.1 Å². The number of aromatic nitrogens is 1. The molecule has 0 aliphatic carbocycles. The standard InChI is InChI=1S/C26H22Cl2N2O5S/c1-5-10-35-19-9-7-16(13-20(19)33-3)23-22(25(32)34-4)14(2)29-26-30(23)24(31)21(36-26)12-15-6-8-17(27)18(28)11-15/h5-9,11-13,23H,1,10H2,2-4H3/b21-12-. The third kappa shape index (κ3) is 4.84. The lowest BCUT2D eigenvalue weighted by molar-refractivity contribution is -0.136. The lowest BCUT2D eigenvalue weighted by Crippen LogP contribution is -2.39. The molecule has 1 aliphatic heterocycles. The van der Waals surface area contributed by atoms with E-state index in [1.807, 2.05) is 0 Å². The second kappa shape index (κ2) is 10.7. The molecule has 2 heterocycles. The average Bonchev–Trinajstić information content (AvgIpc) is 3.17. The lowest BCUT2D eigenvalue weighted by Gasteiger charge is -2.25. The van der Waals surface area contributed by atoms with Crippen LogP contribution in [0.5, 0.6) is 11.5 Å². The van der Waals surface area contributed by atoms with Gasteiger partial charge in [0.2, 0.25) is 0 Å². The van der Waals surface area contributed by atoms with Gasteiger partial charge in [0.15, 0.2) is 16.3 Å². The summed E-state index contributed by atoms with van der Waals surface area (Å²) < 4.78 is 18.2. The lowest BCUT2D eigenvalue weighted by atomic mass is 9.95. The smallest absolute Gasteiger partial charge is 0.338 e. The van der Waals surface area contributed by atoms with Crippen LogP contribution in [0.3, 0.4) is 0 Å². The summed E-state index contributed by atoms with van der Waals surface area (Å²) in [4.78, 5) is 31.5. The minimum atomic E-state index is -0.785. The number of benzene rings is 2. The van der Waals surface area contributed by atoms with Crippen LogP contribution in [0.2, 0.25) is 10.0 Å². The molecule has 2 aromatic carbocycles. The van der Waals surface area contributed by atoms with Gasteiger partial charge in [-0.05, 0) is 48.4 Å². The average molecular weight is 545 g/mol. The van der Waals surface area contributed by atoms with E-state index in [-0.39, 0.29) is 11.1 Å². The third-order valence-corrected chi connectivity index (χ3v) is 7.25. The molecule has 0 spiro atoms. The fraction of sp³-hybridized carbons (Fsp3) is 0.192. The highest BCUT2D eigenvalue weighted by molar-refractivity contribution is 7.07. The molecule has 1 aromatic heterocycles. The Balaban J connectivity index is 1.94. The van der Waals surface area contributed by atoms with E-state index in [9.17, 15) is 9.59 Å². The number of fused-ring (bicyclic) bond motifs is 1. The van der Waals surface area contributed by atoms with Gasteiger partial charge < -0.3 is 14.2 Å². The third-order valence-electron chi connectivity index (χ3n) is 5.53. The Morgan fingerprint density at radius 2 is 1.94 bits per heavy atom. The number of halogens is 2. The van der Waals surface area contributed by atoms with Crippen molar-refractivity contribution in [2.45, 2.75) is 13.0 Å². The van der Waals surface area contributed by atoms with Crippen molar-refractivity contribution in [1.82, 2.24) is 4.57 Å². The number of allylic oxidation sites excluding steroid dienone is 1. The van der Waals surface area contributed by atoms with E-state index in [0.717, 1.165) is 0 Å². The summed E-state index contributed by atoms with van der Waals surface area (Å²) in [6, 6.07) is 9.57. The summed E-state index contributed by atoms with van der Waals surface area (Å²) in [5.41, 5.74) is 1.75. The largest absolute Gasteiger partial charge is 0.493 e. The Hall–Kier alpha value is -3.33. The number of methoxy groups -OCH3 is 2. The minimum absolute atomic E-state index is 0.257. The van der Waals surface area contributed by atoms with Crippen molar-refractivity contribution in [3.05, 3.63) is 101 Å². The van der Waals surface area contributed by atoms with Crippen molar-refractivity contribution >= 4 is 46.6 Å². The van der Waals surface area contributed by atoms with Crippen molar-refractivity contribution in [3.63, 3.8) is 0 Å². The predicted octanol–water partition coefficient (Wildman–Crippen LogP) is 4.29. The van der Waals surface area contributed by atoms with Crippen LogP contribution in [0, 0.1) is 0 Å². The van der Waals surface area contributed by atoms with Gasteiger partial charge in [-0.25, -0.2) is 9.79 Å². The van der Waals surface area contributed by atoms with Crippen molar-refractivity contribution in [2.24, 2.45) is 4.99 Å². The molecule has 7 nitrogen and oxygen atoms in total. The molecule has 3 aromatic rings. The van der Waals surface area contributed by atoms with E-state index >= 15 is 0 Å². The Labute approximate surface area is 221 Å². The van der Waals surface area contributed by atoms with Gasteiger partial charge in [-0.1, -0.05) is 59.3 Å². The van der Waals surface area contributed by atoms with Crippen LogP contribution in [-0.4, -0.2) is 31.4 Å². The highest BCUT2D eigenvalue weighted by Gasteiger charge is 2.33. The number of thiazole rings is 1. The number of esters is 1. The zero-order chi connectivity index (χ0) is 26.0. The molecule has 36 heavy (non-hydrogen) atoms. The van der Waals surface area contributed by atoms with Gasteiger partial charge in [-0.3, -0.25) is 9.36 Å². The number of ether oxygens (including phenoxy) is 3. The Morgan fingerprint density at radius 1 is 1.17 bits per heavy atom. The Kier molecular flexibility index (Phi) is 7.68. The number of hydrogen-bond donors (Lipinski definition) is 0. The molecule has 0 saturated carbocycles. The summed E-state index contributed by atoms with van der Waals surface area (Å²) in [6.45, 7) is 5.67. The number of nitrogens with zero attached hydrogens (tertiary/aromatic N) is 2. The quantitative estimate of drug-likeness (QED) is 0.327. The first-order valence-electron chi connectivity index (χ1n) is 10.8. The first-order valence-corrected chi connectivity index (χ1v) is 12.3. The molecular weight excluding hydrogens is 523 g/mol. The van der Waals surface area contributed by atoms with E-state index < -0.39 is 12.0 Å². The van der Waals surface area contributed by atoms with Gasteiger partial charge in [0.05, 0.1) is 46.1 Å². The van der Waals surface area contributed by atoms with Crippen molar-refractivity contribution < 1.29 is 19.0 Å². The van der Waals surface area contributed by atoms with Gasteiger partial charge in [-0.2, -0.15) is 0 Å². The minimum Gasteiger partial charge on any atom is -0.493 e. The number of hydrogen-bond acceptors (Lipinski definition) is 7. The summed E-state index contributed by atoms with van der Waals surface area (Å²) in [6.07, 6.45) is 3.34. The second-order valence-corrected chi connectivity index (χ2v) is 9.58. The number of rotatable bonds is 7. The molecular formula is C26H22Cl2N2O5S. The van der Waals surface area contributed by atoms with Crippen LogP contribution in [0.4, 0.5) is 0 Å². The predicted molar refractivity (Wildman–Crippen MR) is 141 cm³/mol. The van der Waals surface area contributed by atoms with E-state index in [1.165, 1.54) is 30.1 Å². The highest BCUT2D eigenvalue weighted by Crippen LogP contribution is 2.36. The summed E-state index contributed by atoms with van der Waals surface area (Å²) >= 11 is 13.4. The van der Waals surface area contributed by atoms with Crippen LogP contribution in [0.15, 0.2) is 70.1 Å². The molecule has 0 bridgehead atoms. The van der Waals surface area contributed by atoms with Crippen LogP contribution >= 0.6 is 34.5 Å². The van der Waals surface area contributed by atoms with Gasteiger partial charge >= 0.3 is 5.97 Å². The summed E-state index contributed by atoms with van der Waals surface area (Å²) in [7, 11) is 2.81. The Morgan fingerprint density at radius 3 is 2.61 bits per heavy atom. The van der Waals surface area contributed by atoms with E-state index in [1.54, 1.807) is 55.5 Å². The zero-order valence-electron chi connectivity index (χ0n) is 19.7. The van der Waals surface area contributed by atoms with Crippen LogP contribution < -0.4 is 24.4 Å². The van der Waals surface area contributed by atoms with Crippen molar-refractivity contribution in [2.75, 3.05) is 20.8 Å². The monoisotopic (exact) mass is 544 g/mol. The molecule has 10 heteroatoms. The summed E-state index contributed by atoms with van der Waals surface area (Å²) in [5.74, 6) is 0.380. The van der Waals surface area contributed by atoms with E-state index in [4.69, 9.17) is 37.4 Å². The van der Waals surface area contributed by atoms with Crippen LogP contribution in [-0.2, 0) is 9.53 Å². The first-order chi connectivity index (χ1) is 17.3. The first kappa shape index (κ1) is 25.8. The normalized spacial score (nSPS) is 15.2. The van der Waals surface area contributed by atoms with Gasteiger partial charge in [0.1, 0.15) is 6.61 Å². The molecule has 0 saturated heterocycles. The van der Waals surface area contributed by atoms with Crippen molar-refractivity contribution in [1.29, 1.82) is 0 Å². The van der Waals surface area contributed by atoms with Crippen LogP contribution in [0.25, 0.3) is 6.08 Å². The fourth-order valence-electron chi connectivity index (χ4n) is 3.88. The fourth-order valence-corrected chi connectivity index (χ4v) is 5.24. The molecule has 1 unspecified atom stereocenters. The molecule has 0 amide bonds. The molecule has 0 radical (unpaired) electrons. The number of carbonyl (C=O) groups excluding carboxylic acids is 1. The maximum atomic E-state index is 13.7. The second-order valence-electron chi connectivity index (χ2n) is 7.76. The molecule has 1 aliphatic rings. The molecule has 1 atom stereocenters. The van der Waals surface area contributed by atoms with Gasteiger partial charge in [0.25, 0.3) is 5.56 Å². The van der Waals surface area contributed by atoms with Gasteiger partial charge in [0, 0.05) is 0 Å². The maximum absolute atomic E-state index is 13.7. The molecule has 186 valence electrons. The number of carbonyl (C=O) groups is 1. The van der Waals surface area contributed by atoms with E-state index in [0.29, 0.717) is 54.3 Å². The highest BCUT2D eigenvalue weighted by atomic mass is 35.5. The molecule has 0 fully saturated rings. The van der Waals surface area contributed by atoms with Crippen molar-refractivity contribution in [3.8, 4) is 11.5 Å². The van der Waals surface area contributed by atoms with Crippen LogP contribution in [0.1, 0.15) is 24.1 Å². The van der Waals surface area contributed by atoms with E-state index in [2.05, 4.69) is 11.6 Å². The molecule has 4 rings (SSSR count). The Bertz CT molecular complexity index is 1570.